The minimum absolute atomic E-state index is 0.272. The number of para-hydroxylation sites is 1. The second-order valence-electron chi connectivity index (χ2n) is 5.97. The predicted molar refractivity (Wildman–Crippen MR) is 101 cm³/mol. The minimum Gasteiger partial charge on any atom is -0.311 e. The number of allylic oxidation sites excluding steroid dienone is 1. The molecule has 2 heterocycles. The zero-order valence-electron chi connectivity index (χ0n) is 14.2. The Bertz CT molecular complexity index is 888. The lowest BCUT2D eigenvalue weighted by molar-refractivity contribution is -0.933. The lowest BCUT2D eigenvalue weighted by atomic mass is 10.3. The van der Waals surface area contributed by atoms with Gasteiger partial charge in [0.1, 0.15) is 11.9 Å². The van der Waals surface area contributed by atoms with E-state index >= 15 is 0 Å². The molecule has 126 valence electrons. The monoisotopic (exact) mass is 360 g/mol. The van der Waals surface area contributed by atoms with E-state index in [2.05, 4.69) is 43.8 Å². The minimum atomic E-state index is 0.272. The van der Waals surface area contributed by atoms with Crippen molar-refractivity contribution in [3.8, 4) is 0 Å². The lowest BCUT2D eigenvalue weighted by Crippen LogP contribution is -3.08. The molecule has 0 saturated carbocycles. The standard InChI is InChI=1S/C17H21N5S2/c1-5-10-21-13(3)19-22(17(21)23)11-20(4)12(2)16-18-14-8-6-7-9-15(14)24-16/h5-9,12H,1,10-11H2,2-4H3/p+1/t12-/m1/s1. The fourth-order valence-corrected chi connectivity index (χ4v) is 4.07. The largest absolute Gasteiger partial charge is 0.311 e. The number of hydrogen-bond acceptors (Lipinski definition) is 4. The van der Waals surface area contributed by atoms with Gasteiger partial charge in [0, 0.05) is 6.54 Å². The van der Waals surface area contributed by atoms with Crippen LogP contribution < -0.4 is 4.90 Å². The first-order valence-corrected chi connectivity index (χ1v) is 9.16. The van der Waals surface area contributed by atoms with Crippen LogP contribution in [-0.4, -0.2) is 26.4 Å². The van der Waals surface area contributed by atoms with Gasteiger partial charge in [-0.2, -0.15) is 9.78 Å². The Labute approximate surface area is 150 Å². The van der Waals surface area contributed by atoms with Crippen molar-refractivity contribution in [3.05, 3.63) is 52.5 Å². The molecule has 1 aromatic carbocycles. The first-order chi connectivity index (χ1) is 11.5. The van der Waals surface area contributed by atoms with Gasteiger partial charge < -0.3 is 9.47 Å². The maximum Gasteiger partial charge on any atom is 0.203 e. The van der Waals surface area contributed by atoms with Crippen LogP contribution in [0, 0.1) is 11.7 Å². The number of quaternary nitrogens is 1. The number of hydrogen-bond donors (Lipinski definition) is 1. The van der Waals surface area contributed by atoms with Crippen molar-refractivity contribution < 1.29 is 4.90 Å². The summed E-state index contributed by atoms with van der Waals surface area (Å²) in [5.74, 6) is 0.917. The molecule has 0 aliphatic rings. The van der Waals surface area contributed by atoms with Gasteiger partial charge >= 0.3 is 0 Å². The molecule has 3 rings (SSSR count). The van der Waals surface area contributed by atoms with E-state index in [0.717, 1.165) is 21.1 Å². The summed E-state index contributed by atoms with van der Waals surface area (Å²) in [5, 5.41) is 5.72. The summed E-state index contributed by atoms with van der Waals surface area (Å²) in [6.07, 6.45) is 1.84. The van der Waals surface area contributed by atoms with Crippen molar-refractivity contribution in [2.75, 3.05) is 7.05 Å². The number of rotatable bonds is 6. The molecule has 1 unspecified atom stereocenters. The Morgan fingerprint density at radius 3 is 2.88 bits per heavy atom. The van der Waals surface area contributed by atoms with Crippen LogP contribution in [0.4, 0.5) is 0 Å². The molecule has 24 heavy (non-hydrogen) atoms. The number of nitrogens with zero attached hydrogens (tertiary/aromatic N) is 4. The van der Waals surface area contributed by atoms with Crippen molar-refractivity contribution in [1.82, 2.24) is 19.3 Å². The average molecular weight is 361 g/mol. The van der Waals surface area contributed by atoms with E-state index in [-0.39, 0.29) is 6.04 Å². The van der Waals surface area contributed by atoms with Gasteiger partial charge in [-0.25, -0.2) is 4.98 Å². The molecule has 0 aliphatic carbocycles. The maximum absolute atomic E-state index is 5.54. The molecular formula is C17H22N5S2+. The summed E-state index contributed by atoms with van der Waals surface area (Å²) < 4.78 is 5.86. The van der Waals surface area contributed by atoms with E-state index in [1.165, 1.54) is 9.60 Å². The van der Waals surface area contributed by atoms with Gasteiger partial charge in [-0.05, 0) is 38.2 Å². The smallest absolute Gasteiger partial charge is 0.203 e. The molecule has 2 atom stereocenters. The Balaban J connectivity index is 1.81. The Kier molecular flexibility index (Phi) is 4.93. The third-order valence-corrected chi connectivity index (χ3v) is 5.89. The normalized spacial score (nSPS) is 14.0. The zero-order valence-corrected chi connectivity index (χ0v) is 15.8. The molecule has 0 aliphatic heterocycles. The molecule has 2 aromatic heterocycles. The van der Waals surface area contributed by atoms with Crippen LogP contribution in [0.1, 0.15) is 23.8 Å². The van der Waals surface area contributed by atoms with E-state index in [4.69, 9.17) is 17.2 Å². The van der Waals surface area contributed by atoms with Crippen LogP contribution in [0.2, 0.25) is 0 Å². The molecule has 0 bridgehead atoms. The first-order valence-electron chi connectivity index (χ1n) is 7.94. The van der Waals surface area contributed by atoms with E-state index in [0.29, 0.717) is 13.2 Å². The van der Waals surface area contributed by atoms with Crippen LogP contribution in [0.3, 0.4) is 0 Å². The van der Waals surface area contributed by atoms with Crippen molar-refractivity contribution in [2.45, 2.75) is 33.1 Å². The molecule has 0 saturated heterocycles. The molecule has 0 fully saturated rings. The number of thiazole rings is 1. The van der Waals surface area contributed by atoms with Gasteiger partial charge in [-0.1, -0.05) is 18.2 Å². The molecule has 0 spiro atoms. The summed E-state index contributed by atoms with van der Waals surface area (Å²) in [6, 6.07) is 8.54. The summed E-state index contributed by atoms with van der Waals surface area (Å²) in [5.41, 5.74) is 1.07. The third kappa shape index (κ3) is 3.19. The highest BCUT2D eigenvalue weighted by atomic mass is 32.1. The van der Waals surface area contributed by atoms with E-state index in [1.54, 1.807) is 11.3 Å². The summed E-state index contributed by atoms with van der Waals surface area (Å²) in [7, 11) is 2.15. The van der Waals surface area contributed by atoms with Crippen LogP contribution in [-0.2, 0) is 13.2 Å². The average Bonchev–Trinajstić information content (AvgIpc) is 3.11. The fourth-order valence-electron chi connectivity index (χ4n) is 2.65. The van der Waals surface area contributed by atoms with Gasteiger partial charge in [0.15, 0.2) is 11.7 Å². The van der Waals surface area contributed by atoms with Crippen LogP contribution in [0.15, 0.2) is 36.9 Å². The van der Waals surface area contributed by atoms with Crippen LogP contribution >= 0.6 is 23.6 Å². The molecular weight excluding hydrogens is 338 g/mol. The highest BCUT2D eigenvalue weighted by Crippen LogP contribution is 2.24. The summed E-state index contributed by atoms with van der Waals surface area (Å²) in [4.78, 5) is 6.07. The fraction of sp³-hybridized carbons (Fsp3) is 0.353. The molecule has 1 N–H and O–H groups in total. The second-order valence-corrected chi connectivity index (χ2v) is 7.40. The quantitative estimate of drug-likeness (QED) is 0.543. The van der Waals surface area contributed by atoms with Crippen molar-refractivity contribution in [3.63, 3.8) is 0 Å². The lowest BCUT2D eigenvalue weighted by Gasteiger charge is -2.19. The number of benzene rings is 1. The van der Waals surface area contributed by atoms with Crippen molar-refractivity contribution in [2.24, 2.45) is 0 Å². The van der Waals surface area contributed by atoms with Gasteiger partial charge in [-0.3, -0.25) is 0 Å². The van der Waals surface area contributed by atoms with Gasteiger partial charge in [0.25, 0.3) is 0 Å². The predicted octanol–water partition coefficient (Wildman–Crippen LogP) is 2.75. The number of fused-ring (bicyclic) bond motifs is 1. The Hall–Kier alpha value is -1.83. The Morgan fingerprint density at radius 2 is 2.17 bits per heavy atom. The molecule has 0 amide bonds. The Morgan fingerprint density at radius 1 is 1.42 bits per heavy atom. The zero-order chi connectivity index (χ0) is 17.3. The number of aryl methyl sites for hydroxylation is 1. The van der Waals surface area contributed by atoms with Gasteiger partial charge in [0.2, 0.25) is 4.77 Å². The molecule has 3 aromatic rings. The second kappa shape index (κ2) is 6.96. The topological polar surface area (TPSA) is 40.1 Å². The van der Waals surface area contributed by atoms with E-state index in [9.17, 15) is 0 Å². The van der Waals surface area contributed by atoms with E-state index < -0.39 is 0 Å². The molecule has 0 radical (unpaired) electrons. The SMILES string of the molecule is C=CCn1c(C)nn(C[NH+](C)[C@H](C)c2nc3ccccc3s2)c1=S. The highest BCUT2D eigenvalue weighted by molar-refractivity contribution is 7.71. The highest BCUT2D eigenvalue weighted by Gasteiger charge is 2.21. The molecule has 5 nitrogen and oxygen atoms in total. The van der Waals surface area contributed by atoms with Gasteiger partial charge in [0.05, 0.1) is 17.3 Å². The number of nitrogens with one attached hydrogen (secondary N) is 1. The van der Waals surface area contributed by atoms with E-state index in [1.807, 2.05) is 28.3 Å². The summed E-state index contributed by atoms with van der Waals surface area (Å²) >= 11 is 7.30. The first kappa shape index (κ1) is 17.0. The molecule has 7 heteroatoms. The van der Waals surface area contributed by atoms with Gasteiger partial charge in [-0.15, -0.1) is 17.9 Å². The number of aromatic nitrogens is 4. The third-order valence-electron chi connectivity index (χ3n) is 4.24. The maximum atomic E-state index is 5.54. The van der Waals surface area contributed by atoms with Crippen molar-refractivity contribution >= 4 is 33.8 Å². The summed E-state index contributed by atoms with van der Waals surface area (Å²) in [6.45, 7) is 9.35. The van der Waals surface area contributed by atoms with Crippen LogP contribution in [0.25, 0.3) is 10.2 Å². The van der Waals surface area contributed by atoms with Crippen molar-refractivity contribution in [1.29, 1.82) is 0 Å². The van der Waals surface area contributed by atoms with Crippen LogP contribution in [0.5, 0.6) is 0 Å².